The largest absolute Gasteiger partial charge is 0.391 e. The van der Waals surface area contributed by atoms with E-state index in [1.165, 1.54) is 25.7 Å². The van der Waals surface area contributed by atoms with Crippen LogP contribution in [-0.4, -0.2) is 48.2 Å². The molecule has 2 rings (SSSR count). The fourth-order valence-electron chi connectivity index (χ4n) is 2.80. The van der Waals surface area contributed by atoms with Crippen LogP contribution >= 0.6 is 24.0 Å². The highest BCUT2D eigenvalue weighted by molar-refractivity contribution is 14.0. The smallest absolute Gasteiger partial charge is 0.194 e. The van der Waals surface area contributed by atoms with Crippen molar-refractivity contribution in [2.75, 3.05) is 26.2 Å². The fraction of sp³-hybridized carbons (Fsp3) is 0.800. The molecule has 1 heterocycles. The van der Waals surface area contributed by atoms with Gasteiger partial charge in [0.25, 0.3) is 0 Å². The van der Waals surface area contributed by atoms with E-state index in [1.807, 2.05) is 0 Å². The number of aliphatic imine (C=N–C) groups is 1. The van der Waals surface area contributed by atoms with Gasteiger partial charge in [0.15, 0.2) is 5.96 Å². The van der Waals surface area contributed by atoms with Gasteiger partial charge in [-0.15, -0.1) is 24.0 Å². The lowest BCUT2D eigenvalue weighted by Crippen LogP contribution is -2.40. The van der Waals surface area contributed by atoms with Gasteiger partial charge >= 0.3 is 0 Å². The van der Waals surface area contributed by atoms with Crippen LogP contribution in [0.3, 0.4) is 0 Å². The average molecular weight is 393 g/mol. The second-order valence-electron chi connectivity index (χ2n) is 5.48. The van der Waals surface area contributed by atoms with Crippen molar-refractivity contribution < 1.29 is 5.11 Å². The minimum atomic E-state index is -0.190. The third-order valence-corrected chi connectivity index (χ3v) is 3.88. The summed E-state index contributed by atoms with van der Waals surface area (Å²) in [6, 6.07) is 0. The summed E-state index contributed by atoms with van der Waals surface area (Å²) in [4.78, 5) is 6.87. The molecule has 2 aliphatic rings. The second kappa shape index (κ2) is 9.60. The van der Waals surface area contributed by atoms with Crippen molar-refractivity contribution in [3.05, 3.63) is 11.6 Å². The zero-order valence-electron chi connectivity index (χ0n) is 12.5. The lowest BCUT2D eigenvalue weighted by atomic mass is 9.97. The molecule has 116 valence electrons. The Labute approximate surface area is 139 Å². The summed E-state index contributed by atoms with van der Waals surface area (Å²) >= 11 is 0. The number of hydrogen-bond donors (Lipinski definition) is 2. The Kier molecular flexibility index (Phi) is 8.52. The number of hydrogen-bond acceptors (Lipinski definition) is 2. The van der Waals surface area contributed by atoms with Crippen LogP contribution < -0.4 is 5.32 Å². The molecule has 0 radical (unpaired) electrons. The lowest BCUT2D eigenvalue weighted by molar-refractivity contribution is 0.188. The van der Waals surface area contributed by atoms with Gasteiger partial charge in [-0.1, -0.05) is 11.6 Å². The van der Waals surface area contributed by atoms with Gasteiger partial charge in [0.05, 0.1) is 6.10 Å². The maximum atomic E-state index is 9.61. The highest BCUT2D eigenvalue weighted by Gasteiger charge is 2.22. The third-order valence-electron chi connectivity index (χ3n) is 3.88. The molecule has 0 unspecified atom stereocenters. The molecule has 1 aliphatic heterocycles. The maximum absolute atomic E-state index is 9.61. The number of aliphatic hydroxyl groups is 1. The molecule has 4 nitrogen and oxygen atoms in total. The van der Waals surface area contributed by atoms with Crippen LogP contribution in [0.25, 0.3) is 0 Å². The summed E-state index contributed by atoms with van der Waals surface area (Å²) in [6.07, 6.45) is 9.35. The molecule has 0 aromatic rings. The number of allylic oxidation sites excluding steroid dienone is 1. The van der Waals surface area contributed by atoms with Crippen LogP contribution in [-0.2, 0) is 0 Å². The minimum absolute atomic E-state index is 0. The monoisotopic (exact) mass is 393 g/mol. The summed E-state index contributed by atoms with van der Waals surface area (Å²) in [5.41, 5.74) is 1.58. The quantitative estimate of drug-likeness (QED) is 0.334. The van der Waals surface area contributed by atoms with E-state index in [0.717, 1.165) is 38.4 Å². The van der Waals surface area contributed by atoms with E-state index in [9.17, 15) is 5.11 Å². The van der Waals surface area contributed by atoms with Crippen molar-refractivity contribution in [1.82, 2.24) is 10.2 Å². The molecular formula is C15H28IN3O. The molecule has 1 aliphatic carbocycles. The van der Waals surface area contributed by atoms with Gasteiger partial charge in [-0.3, -0.25) is 4.99 Å². The van der Waals surface area contributed by atoms with Gasteiger partial charge in [0.1, 0.15) is 0 Å². The summed E-state index contributed by atoms with van der Waals surface area (Å²) in [5.74, 6) is 0.968. The van der Waals surface area contributed by atoms with E-state index in [-0.39, 0.29) is 30.1 Å². The van der Waals surface area contributed by atoms with Crippen LogP contribution in [0.1, 0.15) is 45.4 Å². The molecule has 0 saturated carbocycles. The van der Waals surface area contributed by atoms with Crippen molar-refractivity contribution in [2.24, 2.45) is 4.99 Å². The number of nitrogens with zero attached hydrogens (tertiary/aromatic N) is 2. The molecule has 20 heavy (non-hydrogen) atoms. The van der Waals surface area contributed by atoms with Gasteiger partial charge in [0.2, 0.25) is 0 Å². The van der Waals surface area contributed by atoms with E-state index < -0.39 is 0 Å². The van der Waals surface area contributed by atoms with Crippen molar-refractivity contribution in [3.63, 3.8) is 0 Å². The van der Waals surface area contributed by atoms with Crippen molar-refractivity contribution in [3.8, 4) is 0 Å². The molecule has 0 aromatic carbocycles. The van der Waals surface area contributed by atoms with Crippen LogP contribution in [0.5, 0.6) is 0 Å². The molecule has 5 heteroatoms. The third kappa shape index (κ3) is 5.60. The van der Waals surface area contributed by atoms with Crippen LogP contribution in [0, 0.1) is 0 Å². The van der Waals surface area contributed by atoms with E-state index in [0.29, 0.717) is 6.54 Å². The van der Waals surface area contributed by atoms with Crippen LogP contribution in [0.15, 0.2) is 16.6 Å². The molecule has 2 N–H and O–H groups in total. The summed E-state index contributed by atoms with van der Waals surface area (Å²) in [6.45, 7) is 5.46. The lowest BCUT2D eigenvalue weighted by Gasteiger charge is -2.21. The summed E-state index contributed by atoms with van der Waals surface area (Å²) in [5, 5.41) is 12.9. The zero-order valence-corrected chi connectivity index (χ0v) is 14.8. The van der Waals surface area contributed by atoms with Gasteiger partial charge in [-0.2, -0.15) is 0 Å². The highest BCUT2D eigenvalue weighted by Crippen LogP contribution is 2.20. The Balaban J connectivity index is 0.00000200. The fourth-order valence-corrected chi connectivity index (χ4v) is 2.80. The predicted octanol–water partition coefficient (Wildman–Crippen LogP) is 2.53. The minimum Gasteiger partial charge on any atom is -0.391 e. The topological polar surface area (TPSA) is 47.9 Å². The molecular weight excluding hydrogens is 365 g/mol. The van der Waals surface area contributed by atoms with Gasteiger partial charge in [0, 0.05) is 26.2 Å². The van der Waals surface area contributed by atoms with E-state index in [2.05, 4.69) is 23.2 Å². The molecule has 0 amide bonds. The Morgan fingerprint density at radius 3 is 2.95 bits per heavy atom. The summed E-state index contributed by atoms with van der Waals surface area (Å²) < 4.78 is 0. The van der Waals surface area contributed by atoms with E-state index in [1.54, 1.807) is 5.57 Å². The number of likely N-dealkylation sites (tertiary alicyclic amines) is 1. The van der Waals surface area contributed by atoms with Gasteiger partial charge < -0.3 is 15.3 Å². The number of β-amino-alcohol motifs (C(OH)–C–C–N with tert-alkyl or cyclic N) is 1. The summed E-state index contributed by atoms with van der Waals surface area (Å²) in [7, 11) is 0. The number of rotatable bonds is 4. The average Bonchev–Trinajstić information content (AvgIpc) is 2.86. The normalized spacial score (nSPS) is 23.3. The molecule has 1 atom stereocenters. The SMILES string of the molecule is CCNC(=NCCC1=CCCCC1)N1CC[C@@H](O)C1.I. The zero-order chi connectivity index (χ0) is 13.5. The first-order valence-corrected chi connectivity index (χ1v) is 7.69. The number of guanidine groups is 1. The van der Waals surface area contributed by atoms with Crippen molar-refractivity contribution >= 4 is 29.9 Å². The second-order valence-corrected chi connectivity index (χ2v) is 5.48. The first-order chi connectivity index (χ1) is 9.29. The molecule has 1 saturated heterocycles. The number of nitrogens with one attached hydrogen (secondary N) is 1. The maximum Gasteiger partial charge on any atom is 0.194 e. The first-order valence-electron chi connectivity index (χ1n) is 7.69. The first kappa shape index (κ1) is 17.8. The van der Waals surface area contributed by atoms with E-state index >= 15 is 0 Å². The molecule has 0 aromatic heterocycles. The standard InChI is InChI=1S/C15H27N3O.HI/c1-2-16-15(18-11-9-14(19)12-18)17-10-8-13-6-4-3-5-7-13;/h6,14,19H,2-5,7-12H2,1H3,(H,16,17);1H/t14-;/m1./s1. The van der Waals surface area contributed by atoms with Crippen LogP contribution in [0.2, 0.25) is 0 Å². The van der Waals surface area contributed by atoms with Crippen molar-refractivity contribution in [1.29, 1.82) is 0 Å². The number of halogens is 1. The Morgan fingerprint density at radius 1 is 1.50 bits per heavy atom. The predicted molar refractivity (Wildman–Crippen MR) is 94.8 cm³/mol. The van der Waals surface area contributed by atoms with E-state index in [4.69, 9.17) is 4.99 Å². The molecule has 0 bridgehead atoms. The Hall–Kier alpha value is -0.300. The number of aliphatic hydroxyl groups excluding tert-OH is 1. The Morgan fingerprint density at radius 2 is 2.35 bits per heavy atom. The van der Waals surface area contributed by atoms with Gasteiger partial charge in [-0.25, -0.2) is 0 Å². The molecule has 1 fully saturated rings. The molecule has 0 spiro atoms. The highest BCUT2D eigenvalue weighted by atomic mass is 127. The Bertz CT molecular complexity index is 344. The van der Waals surface area contributed by atoms with Gasteiger partial charge in [-0.05, 0) is 45.4 Å². The van der Waals surface area contributed by atoms with Crippen LogP contribution in [0.4, 0.5) is 0 Å². The van der Waals surface area contributed by atoms with Crippen molar-refractivity contribution in [2.45, 2.75) is 51.6 Å².